The molecular formula is C28H38F3N5O. The van der Waals surface area contributed by atoms with E-state index in [1.165, 1.54) is 19.7 Å². The maximum absolute atomic E-state index is 13.2. The second-order valence-corrected chi connectivity index (χ2v) is 7.75. The average Bonchev–Trinajstić information content (AvgIpc) is 2.90. The Kier molecular flexibility index (Phi) is 13.9. The van der Waals surface area contributed by atoms with Gasteiger partial charge in [-0.1, -0.05) is 58.8 Å². The van der Waals surface area contributed by atoms with E-state index < -0.39 is 11.9 Å². The van der Waals surface area contributed by atoms with E-state index in [1.54, 1.807) is 31.2 Å². The maximum atomic E-state index is 13.2. The molecule has 0 spiro atoms. The quantitative estimate of drug-likeness (QED) is 0.279. The van der Waals surface area contributed by atoms with Gasteiger partial charge in [-0.3, -0.25) is 4.99 Å². The molecule has 0 saturated carbocycles. The normalized spacial score (nSPS) is 12.7. The molecule has 37 heavy (non-hydrogen) atoms. The van der Waals surface area contributed by atoms with Crippen LogP contribution in [0.5, 0.6) is 5.75 Å². The van der Waals surface area contributed by atoms with Crippen molar-refractivity contribution >= 4 is 28.6 Å². The highest BCUT2D eigenvalue weighted by atomic mass is 19.4. The maximum Gasteiger partial charge on any atom is 0.433 e. The number of alkyl halides is 3. The van der Waals surface area contributed by atoms with E-state index in [-0.39, 0.29) is 6.54 Å². The summed E-state index contributed by atoms with van der Waals surface area (Å²) in [6.45, 7) is 9.81. The summed E-state index contributed by atoms with van der Waals surface area (Å²) in [5.74, 6) is 0.978. The molecule has 2 rings (SSSR count). The largest absolute Gasteiger partial charge is 0.494 e. The molecule has 0 radical (unpaired) electrons. The number of rotatable bonds is 12. The molecule has 6 nitrogen and oxygen atoms in total. The van der Waals surface area contributed by atoms with Crippen molar-refractivity contribution < 1.29 is 17.9 Å². The van der Waals surface area contributed by atoms with Crippen LogP contribution in [0.15, 0.2) is 59.0 Å². The molecule has 1 heterocycles. The van der Waals surface area contributed by atoms with Gasteiger partial charge in [-0.2, -0.15) is 13.2 Å². The minimum atomic E-state index is -4.51. The highest BCUT2D eigenvalue weighted by molar-refractivity contribution is 6.10. The summed E-state index contributed by atoms with van der Waals surface area (Å²) >= 11 is 0. The van der Waals surface area contributed by atoms with Crippen LogP contribution in [0.3, 0.4) is 0 Å². The number of anilines is 1. The van der Waals surface area contributed by atoms with Crippen molar-refractivity contribution in [1.29, 1.82) is 5.41 Å². The lowest BCUT2D eigenvalue weighted by Crippen LogP contribution is -2.12. The number of unbranched alkanes of at least 4 members (excludes halogenated alkanes) is 2. The number of hydrogen-bond donors (Lipinski definition) is 2. The number of aliphatic imine (C=N–C) groups is 1. The lowest BCUT2D eigenvalue weighted by Gasteiger charge is -2.13. The summed E-state index contributed by atoms with van der Waals surface area (Å²) in [6, 6.07) is 3.56. The third-order valence-corrected chi connectivity index (χ3v) is 5.09. The monoisotopic (exact) mass is 517 g/mol. The zero-order valence-corrected chi connectivity index (χ0v) is 22.5. The molecule has 0 aliphatic heterocycles. The molecule has 0 aliphatic carbocycles. The van der Waals surface area contributed by atoms with Crippen LogP contribution in [0.2, 0.25) is 0 Å². The predicted octanol–water partition coefficient (Wildman–Crippen LogP) is 8.06. The molecule has 1 aromatic heterocycles. The first-order valence-electron chi connectivity index (χ1n) is 12.5. The van der Waals surface area contributed by atoms with Crippen LogP contribution in [-0.4, -0.2) is 41.7 Å². The summed E-state index contributed by atoms with van der Waals surface area (Å²) in [5, 5.41) is 12.2. The van der Waals surface area contributed by atoms with Gasteiger partial charge < -0.3 is 15.5 Å². The lowest BCUT2D eigenvalue weighted by atomic mass is 10.0. The van der Waals surface area contributed by atoms with Crippen LogP contribution in [0, 0.1) is 5.41 Å². The molecule has 0 bridgehead atoms. The molecule has 202 valence electrons. The van der Waals surface area contributed by atoms with Crippen molar-refractivity contribution in [1.82, 2.24) is 9.97 Å². The zero-order valence-electron chi connectivity index (χ0n) is 22.5. The van der Waals surface area contributed by atoms with Crippen molar-refractivity contribution in [3.63, 3.8) is 0 Å². The number of fused-ring (bicyclic) bond motifs is 1. The number of halogens is 3. The fourth-order valence-electron chi connectivity index (χ4n) is 3.13. The molecule has 0 saturated heterocycles. The van der Waals surface area contributed by atoms with Gasteiger partial charge in [-0.05, 0) is 43.5 Å². The smallest absolute Gasteiger partial charge is 0.433 e. The van der Waals surface area contributed by atoms with Crippen LogP contribution in [0.1, 0.15) is 65.9 Å². The number of methoxy groups -OCH3 is 1. The van der Waals surface area contributed by atoms with Crippen LogP contribution in [-0.2, 0) is 0 Å². The second-order valence-electron chi connectivity index (χ2n) is 7.75. The number of allylic oxidation sites excluding steroid dienone is 5. The van der Waals surface area contributed by atoms with E-state index in [0.29, 0.717) is 52.2 Å². The highest BCUT2D eigenvalue weighted by Gasteiger charge is 2.33. The van der Waals surface area contributed by atoms with E-state index in [1.807, 2.05) is 26.8 Å². The summed E-state index contributed by atoms with van der Waals surface area (Å²) in [5.41, 5.74) is 1.19. The molecule has 2 aromatic rings. The van der Waals surface area contributed by atoms with E-state index in [9.17, 15) is 13.2 Å². The van der Waals surface area contributed by atoms with E-state index >= 15 is 0 Å². The predicted molar refractivity (Wildman–Crippen MR) is 148 cm³/mol. The topological polar surface area (TPSA) is 83.2 Å². The Morgan fingerprint density at radius 2 is 1.84 bits per heavy atom. The van der Waals surface area contributed by atoms with Crippen molar-refractivity contribution in [2.45, 2.75) is 66.5 Å². The minimum Gasteiger partial charge on any atom is -0.494 e. The van der Waals surface area contributed by atoms with Gasteiger partial charge in [0.25, 0.3) is 0 Å². The summed E-state index contributed by atoms with van der Waals surface area (Å²) < 4.78 is 45.2. The summed E-state index contributed by atoms with van der Waals surface area (Å²) in [6.07, 6.45) is 7.35. The van der Waals surface area contributed by atoms with Gasteiger partial charge in [0, 0.05) is 23.7 Å². The minimum absolute atomic E-state index is 0.200. The molecule has 2 N–H and O–H groups in total. The van der Waals surface area contributed by atoms with Crippen LogP contribution in [0.25, 0.3) is 10.9 Å². The summed E-state index contributed by atoms with van der Waals surface area (Å²) in [7, 11) is 1.53. The Hall–Kier alpha value is -3.49. The molecule has 0 aliphatic rings. The van der Waals surface area contributed by atoms with E-state index in [2.05, 4.69) is 27.2 Å². The van der Waals surface area contributed by atoms with Gasteiger partial charge in [0.2, 0.25) is 0 Å². The Morgan fingerprint density at radius 3 is 2.43 bits per heavy atom. The molecular weight excluding hydrogens is 479 g/mol. The first-order valence-corrected chi connectivity index (χ1v) is 12.5. The van der Waals surface area contributed by atoms with Gasteiger partial charge in [0.1, 0.15) is 29.1 Å². The SMILES string of the molecule is CC.C\C=C(/C=N/C(=C/CCC)C(F)(F)F)CNc1ncnc2c(OC)cc(C(=N)/C=C\CCC)cc12. The first-order chi connectivity index (χ1) is 17.7. The van der Waals surface area contributed by atoms with Crippen molar-refractivity contribution in [2.75, 3.05) is 19.0 Å². The van der Waals surface area contributed by atoms with E-state index in [0.717, 1.165) is 18.9 Å². The van der Waals surface area contributed by atoms with Crippen LogP contribution in [0.4, 0.5) is 19.0 Å². The number of ether oxygens (including phenoxy) is 1. The van der Waals surface area contributed by atoms with Crippen molar-refractivity contribution in [3.05, 3.63) is 59.6 Å². The van der Waals surface area contributed by atoms with E-state index in [4.69, 9.17) is 10.1 Å². The Morgan fingerprint density at radius 1 is 1.14 bits per heavy atom. The molecule has 0 amide bonds. The standard InChI is InChI=1S/C26H32F3N5O.C2H6/c1-5-8-10-11-21(30)19-13-20-24(22(14-19)35-4)33-17-34-25(20)32-16-18(7-3)15-31-23(12-9-6-2)26(27,28)29;1-2/h7,10-15,17,30H,5-6,8-9,16H2,1-4H3,(H,32,33,34);1-2H3/b11-10-,18-7+,23-12+,30-21?,31-15+;. The Balaban J connectivity index is 0.00000334. The zero-order chi connectivity index (χ0) is 27.8. The van der Waals surface area contributed by atoms with Gasteiger partial charge in [-0.25, -0.2) is 9.97 Å². The van der Waals surface area contributed by atoms with Crippen LogP contribution >= 0.6 is 0 Å². The molecule has 0 fully saturated rings. The third kappa shape index (κ3) is 9.82. The summed E-state index contributed by atoms with van der Waals surface area (Å²) in [4.78, 5) is 12.3. The molecule has 1 aromatic carbocycles. The van der Waals surface area contributed by atoms with Crippen molar-refractivity contribution in [3.8, 4) is 5.75 Å². The third-order valence-electron chi connectivity index (χ3n) is 5.09. The van der Waals surface area contributed by atoms with Gasteiger partial charge >= 0.3 is 6.18 Å². The van der Waals surface area contributed by atoms with Gasteiger partial charge in [0.05, 0.1) is 12.8 Å². The highest BCUT2D eigenvalue weighted by Crippen LogP contribution is 2.30. The number of hydrogen-bond acceptors (Lipinski definition) is 6. The number of nitrogens with zero attached hydrogens (tertiary/aromatic N) is 3. The number of benzene rings is 1. The number of nitrogens with one attached hydrogen (secondary N) is 2. The Bertz CT molecular complexity index is 1130. The Labute approximate surface area is 218 Å². The second kappa shape index (κ2) is 16.3. The molecule has 0 atom stereocenters. The number of aromatic nitrogens is 2. The fourth-order valence-corrected chi connectivity index (χ4v) is 3.13. The van der Waals surface area contributed by atoms with Crippen LogP contribution < -0.4 is 10.1 Å². The fraction of sp³-hybridized carbons (Fsp3) is 0.429. The molecule has 9 heteroatoms. The molecule has 0 unspecified atom stereocenters. The van der Waals surface area contributed by atoms with Gasteiger partial charge in [0.15, 0.2) is 0 Å². The van der Waals surface area contributed by atoms with Crippen molar-refractivity contribution in [2.24, 2.45) is 4.99 Å². The lowest BCUT2D eigenvalue weighted by molar-refractivity contribution is -0.0925. The van der Waals surface area contributed by atoms with Gasteiger partial charge in [-0.15, -0.1) is 0 Å². The first kappa shape index (κ1) is 31.5. The average molecular weight is 518 g/mol.